The summed E-state index contributed by atoms with van der Waals surface area (Å²) in [7, 11) is 2.12. The highest BCUT2D eigenvalue weighted by Gasteiger charge is 2.16. The van der Waals surface area contributed by atoms with Gasteiger partial charge in [-0.05, 0) is 30.5 Å². The van der Waals surface area contributed by atoms with E-state index in [9.17, 15) is 4.79 Å². The van der Waals surface area contributed by atoms with Crippen LogP contribution in [0.15, 0.2) is 39.8 Å². The van der Waals surface area contributed by atoms with Crippen molar-refractivity contribution in [3.05, 3.63) is 61.0 Å². The fourth-order valence-electron chi connectivity index (χ4n) is 2.90. The summed E-state index contributed by atoms with van der Waals surface area (Å²) in [6.07, 6.45) is 0. The Hall–Kier alpha value is -1.80. The second-order valence-corrected chi connectivity index (χ2v) is 9.32. The highest BCUT2D eigenvalue weighted by molar-refractivity contribution is 7.19. The van der Waals surface area contributed by atoms with Crippen LogP contribution in [-0.2, 0) is 13.1 Å². The van der Waals surface area contributed by atoms with Crippen LogP contribution >= 0.6 is 34.0 Å². The van der Waals surface area contributed by atoms with Crippen molar-refractivity contribution >= 4 is 44.2 Å². The predicted molar refractivity (Wildman–Crippen MR) is 107 cm³/mol. The Morgan fingerprint density at radius 3 is 2.80 bits per heavy atom. The molecule has 0 saturated carbocycles. The van der Waals surface area contributed by atoms with E-state index in [-0.39, 0.29) is 5.56 Å². The average Bonchev–Trinajstić information content (AvgIpc) is 3.27. The van der Waals surface area contributed by atoms with E-state index in [2.05, 4.69) is 48.6 Å². The van der Waals surface area contributed by atoms with Gasteiger partial charge in [-0.3, -0.25) is 4.79 Å². The maximum Gasteiger partial charge on any atom is 0.260 e. The first-order valence-electron chi connectivity index (χ1n) is 8.01. The van der Waals surface area contributed by atoms with Crippen LogP contribution in [0.3, 0.4) is 0 Å². The van der Waals surface area contributed by atoms with Crippen LogP contribution < -0.4 is 10.5 Å². The lowest BCUT2D eigenvalue weighted by Crippen LogP contribution is -3.06. The number of H-pyrrole nitrogens is 1. The van der Waals surface area contributed by atoms with E-state index in [1.807, 2.05) is 5.38 Å². The van der Waals surface area contributed by atoms with Crippen LogP contribution in [0.1, 0.15) is 15.6 Å². The molecule has 2 N–H and O–H groups in total. The Balaban J connectivity index is 1.63. The first-order chi connectivity index (χ1) is 12.1. The lowest BCUT2D eigenvalue weighted by atomic mass is 10.2. The summed E-state index contributed by atoms with van der Waals surface area (Å²) in [5.41, 5.74) is 0.962. The van der Waals surface area contributed by atoms with E-state index in [1.54, 1.807) is 34.0 Å². The molecule has 0 bridgehead atoms. The lowest BCUT2D eigenvalue weighted by Gasteiger charge is -2.12. The minimum absolute atomic E-state index is 0.0359. The number of fused-ring (bicyclic) bond motifs is 1. The summed E-state index contributed by atoms with van der Waals surface area (Å²) in [4.78, 5) is 26.2. The van der Waals surface area contributed by atoms with Crippen molar-refractivity contribution in [3.8, 4) is 10.4 Å². The molecule has 0 amide bonds. The highest BCUT2D eigenvalue weighted by atomic mass is 32.1. The van der Waals surface area contributed by atoms with Crippen LogP contribution in [0.5, 0.6) is 0 Å². The minimum Gasteiger partial charge on any atom is -0.327 e. The van der Waals surface area contributed by atoms with E-state index < -0.39 is 0 Å². The molecule has 4 rings (SSSR count). The third-order valence-electron chi connectivity index (χ3n) is 4.02. The molecule has 0 radical (unpaired) electrons. The molecule has 0 fully saturated rings. The number of hydrogen-bond donors (Lipinski definition) is 2. The standard InChI is InChI=1S/C18H17N3OS3/c1-11-5-6-14(25-11)13-10-24-18-16(13)17(22)19-15(20-18)9-21(2)8-12-4-3-7-23-12/h3-7,10H,8-9H2,1-2H3,(H,19,20,22)/p+1. The molecule has 25 heavy (non-hydrogen) atoms. The fourth-order valence-corrected chi connectivity index (χ4v) is 5.64. The van der Waals surface area contributed by atoms with E-state index in [0.29, 0.717) is 11.9 Å². The summed E-state index contributed by atoms with van der Waals surface area (Å²) < 4.78 is 0. The van der Waals surface area contributed by atoms with Gasteiger partial charge in [0, 0.05) is 20.7 Å². The average molecular weight is 389 g/mol. The monoisotopic (exact) mass is 388 g/mol. The third kappa shape index (κ3) is 3.46. The number of rotatable bonds is 5. The van der Waals surface area contributed by atoms with E-state index in [0.717, 1.165) is 27.6 Å². The van der Waals surface area contributed by atoms with Crippen LogP contribution in [0.2, 0.25) is 0 Å². The Bertz CT molecular complexity index is 1060. The molecule has 7 heteroatoms. The maximum atomic E-state index is 12.7. The normalized spacial score (nSPS) is 12.7. The van der Waals surface area contributed by atoms with Gasteiger partial charge in [0.1, 0.15) is 17.9 Å². The van der Waals surface area contributed by atoms with Crippen molar-refractivity contribution in [2.75, 3.05) is 7.05 Å². The summed E-state index contributed by atoms with van der Waals surface area (Å²) in [6.45, 7) is 3.72. The van der Waals surface area contributed by atoms with Gasteiger partial charge in [-0.25, -0.2) is 4.98 Å². The molecular formula is C18H18N3OS3+. The highest BCUT2D eigenvalue weighted by Crippen LogP contribution is 2.34. The molecule has 1 unspecified atom stereocenters. The first-order valence-corrected chi connectivity index (χ1v) is 10.6. The van der Waals surface area contributed by atoms with Gasteiger partial charge in [-0.1, -0.05) is 6.07 Å². The Morgan fingerprint density at radius 1 is 1.20 bits per heavy atom. The Kier molecular flexibility index (Phi) is 4.56. The van der Waals surface area contributed by atoms with Gasteiger partial charge >= 0.3 is 0 Å². The number of hydrogen-bond acceptors (Lipinski definition) is 5. The first kappa shape index (κ1) is 16.7. The number of thiophene rings is 3. The van der Waals surface area contributed by atoms with Crippen LogP contribution in [0.25, 0.3) is 20.7 Å². The Labute approximate surface area is 157 Å². The van der Waals surface area contributed by atoms with Gasteiger partial charge in [0.2, 0.25) is 0 Å². The molecule has 4 heterocycles. The quantitative estimate of drug-likeness (QED) is 0.551. The van der Waals surface area contributed by atoms with Crippen molar-refractivity contribution in [3.63, 3.8) is 0 Å². The SMILES string of the molecule is Cc1ccc(-c2csc3nc(C[NH+](C)Cc4cccs4)[nH]c(=O)c23)s1. The minimum atomic E-state index is -0.0359. The fraction of sp³-hybridized carbons (Fsp3) is 0.222. The van der Waals surface area contributed by atoms with Crippen LogP contribution in [0, 0.1) is 6.92 Å². The molecule has 0 aliphatic carbocycles. The van der Waals surface area contributed by atoms with Crippen molar-refractivity contribution in [2.45, 2.75) is 20.0 Å². The number of quaternary nitrogens is 1. The molecule has 0 aliphatic rings. The molecule has 0 aliphatic heterocycles. The zero-order chi connectivity index (χ0) is 17.4. The van der Waals surface area contributed by atoms with E-state index in [4.69, 9.17) is 4.98 Å². The van der Waals surface area contributed by atoms with Gasteiger partial charge < -0.3 is 9.88 Å². The molecule has 0 aromatic carbocycles. The maximum absolute atomic E-state index is 12.7. The van der Waals surface area contributed by atoms with Gasteiger partial charge in [0.05, 0.1) is 17.3 Å². The molecule has 4 aromatic heterocycles. The third-order valence-corrected chi connectivity index (χ3v) is 6.81. The molecule has 4 aromatic rings. The van der Waals surface area contributed by atoms with Crippen LogP contribution in [-0.4, -0.2) is 17.0 Å². The largest absolute Gasteiger partial charge is 0.327 e. The zero-order valence-electron chi connectivity index (χ0n) is 14.0. The lowest BCUT2D eigenvalue weighted by molar-refractivity contribution is -0.908. The summed E-state index contributed by atoms with van der Waals surface area (Å²) in [6, 6.07) is 8.37. The summed E-state index contributed by atoms with van der Waals surface area (Å²) in [5.74, 6) is 0.752. The number of aromatic amines is 1. The Morgan fingerprint density at radius 2 is 2.08 bits per heavy atom. The van der Waals surface area contributed by atoms with Crippen molar-refractivity contribution in [2.24, 2.45) is 0 Å². The van der Waals surface area contributed by atoms with Gasteiger partial charge in [0.25, 0.3) is 5.56 Å². The molecule has 4 nitrogen and oxygen atoms in total. The van der Waals surface area contributed by atoms with Crippen molar-refractivity contribution < 1.29 is 4.90 Å². The topological polar surface area (TPSA) is 50.2 Å². The van der Waals surface area contributed by atoms with Crippen molar-refractivity contribution in [1.82, 2.24) is 9.97 Å². The molecular weight excluding hydrogens is 370 g/mol. The second kappa shape index (κ2) is 6.84. The molecule has 1 atom stereocenters. The van der Waals surface area contributed by atoms with Gasteiger partial charge in [0.15, 0.2) is 5.82 Å². The van der Waals surface area contributed by atoms with Crippen molar-refractivity contribution in [1.29, 1.82) is 0 Å². The molecule has 0 saturated heterocycles. The van der Waals surface area contributed by atoms with E-state index in [1.165, 1.54) is 14.7 Å². The van der Waals surface area contributed by atoms with Crippen LogP contribution in [0.4, 0.5) is 0 Å². The van der Waals surface area contributed by atoms with E-state index >= 15 is 0 Å². The van der Waals surface area contributed by atoms with Gasteiger partial charge in [-0.2, -0.15) is 0 Å². The van der Waals surface area contributed by atoms with Gasteiger partial charge in [-0.15, -0.1) is 34.0 Å². The summed E-state index contributed by atoms with van der Waals surface area (Å²) >= 11 is 5.02. The molecule has 0 spiro atoms. The number of aryl methyl sites for hydroxylation is 1. The predicted octanol–water partition coefficient (Wildman–Crippen LogP) is 3.30. The number of nitrogens with zero attached hydrogens (tertiary/aromatic N) is 1. The number of nitrogens with one attached hydrogen (secondary N) is 2. The number of aromatic nitrogens is 2. The zero-order valence-corrected chi connectivity index (χ0v) is 16.4. The smallest absolute Gasteiger partial charge is 0.260 e. The summed E-state index contributed by atoms with van der Waals surface area (Å²) in [5, 5.41) is 4.85. The molecule has 128 valence electrons. The second-order valence-electron chi connectivity index (χ2n) is 6.14.